The van der Waals surface area contributed by atoms with Crippen molar-refractivity contribution < 1.29 is 8.42 Å². The minimum atomic E-state index is -3.56. The van der Waals surface area contributed by atoms with Crippen LogP contribution in [-0.4, -0.2) is 40.6 Å². The van der Waals surface area contributed by atoms with Gasteiger partial charge in [-0.25, -0.2) is 13.1 Å². The van der Waals surface area contributed by atoms with Gasteiger partial charge in [-0.1, -0.05) is 35.9 Å². The first-order chi connectivity index (χ1) is 17.7. The first kappa shape index (κ1) is 23.8. The quantitative estimate of drug-likeness (QED) is 0.306. The van der Waals surface area contributed by atoms with E-state index < -0.39 is 10.0 Å². The molecule has 0 bridgehead atoms. The summed E-state index contributed by atoms with van der Waals surface area (Å²) in [5.74, 6) is 1.20. The molecule has 5 aromatic rings. The largest absolute Gasteiger partial charge is 0.329 e. The van der Waals surface area contributed by atoms with E-state index in [2.05, 4.69) is 21.0 Å². The monoisotopic (exact) mass is 532 g/mol. The Morgan fingerprint density at radius 3 is 2.54 bits per heavy atom. The van der Waals surface area contributed by atoms with Gasteiger partial charge in [0, 0.05) is 28.7 Å². The number of hydrogen-bond donors (Lipinski definition) is 1. The molecule has 3 aromatic carbocycles. The third-order valence-electron chi connectivity index (χ3n) is 7.08. The Balaban J connectivity index is 1.33. The minimum absolute atomic E-state index is 0.272. The minimum Gasteiger partial charge on any atom is -0.329 e. The Bertz CT molecular complexity index is 1750. The molecule has 0 amide bonds. The third-order valence-corrected chi connectivity index (χ3v) is 8.97. The van der Waals surface area contributed by atoms with Crippen LogP contribution in [0.4, 0.5) is 11.5 Å². The Morgan fingerprint density at radius 1 is 1.03 bits per heavy atom. The smallest absolute Gasteiger partial charge is 0.257 e. The highest BCUT2D eigenvalue weighted by molar-refractivity contribution is 7.89. The van der Waals surface area contributed by atoms with Gasteiger partial charge in [-0.2, -0.15) is 4.98 Å². The second-order valence-electron chi connectivity index (χ2n) is 9.75. The van der Waals surface area contributed by atoms with Gasteiger partial charge in [0.2, 0.25) is 10.0 Å². The molecule has 0 spiro atoms. The molecule has 1 aliphatic carbocycles. The van der Waals surface area contributed by atoms with Gasteiger partial charge in [-0.15, -0.1) is 10.2 Å². The highest BCUT2D eigenvalue weighted by atomic mass is 35.5. The number of aromatic nitrogens is 4. The SMILES string of the molecule is CN(c1cccc(-c2ccc(S(=O)(=O)NC3(C)CCC3)cc2)c1)c1nc2nncn2c2cc(Cl)ccc12. The number of fused-ring (bicyclic) bond motifs is 3. The Labute approximate surface area is 220 Å². The predicted molar refractivity (Wildman–Crippen MR) is 146 cm³/mol. The molecule has 1 N–H and O–H groups in total. The molecule has 37 heavy (non-hydrogen) atoms. The lowest BCUT2D eigenvalue weighted by Gasteiger charge is -2.38. The van der Waals surface area contributed by atoms with E-state index in [4.69, 9.17) is 16.6 Å². The molecule has 0 radical (unpaired) electrons. The van der Waals surface area contributed by atoms with E-state index in [-0.39, 0.29) is 10.4 Å². The molecule has 0 aliphatic heterocycles. The van der Waals surface area contributed by atoms with E-state index in [9.17, 15) is 8.42 Å². The van der Waals surface area contributed by atoms with Crippen molar-refractivity contribution in [2.75, 3.05) is 11.9 Å². The highest BCUT2D eigenvalue weighted by Crippen LogP contribution is 2.35. The maximum atomic E-state index is 12.8. The summed E-state index contributed by atoms with van der Waals surface area (Å²) in [5.41, 5.74) is 3.32. The number of nitrogens with one attached hydrogen (secondary N) is 1. The van der Waals surface area contributed by atoms with E-state index >= 15 is 0 Å². The second kappa shape index (κ2) is 8.79. The van der Waals surface area contributed by atoms with E-state index in [1.807, 2.05) is 71.8 Å². The summed E-state index contributed by atoms with van der Waals surface area (Å²) in [6.45, 7) is 1.96. The molecule has 6 rings (SSSR count). The number of sulfonamides is 1. The number of halogens is 1. The average Bonchev–Trinajstić information content (AvgIpc) is 3.36. The van der Waals surface area contributed by atoms with Gasteiger partial charge in [-0.05, 0) is 79.8 Å². The fraction of sp³-hybridized carbons (Fsp3) is 0.222. The van der Waals surface area contributed by atoms with Gasteiger partial charge in [0.1, 0.15) is 12.1 Å². The van der Waals surface area contributed by atoms with Crippen molar-refractivity contribution in [2.45, 2.75) is 36.6 Å². The van der Waals surface area contributed by atoms with Crippen LogP contribution in [0.2, 0.25) is 5.02 Å². The molecule has 188 valence electrons. The van der Waals surface area contributed by atoms with Crippen molar-refractivity contribution in [3.63, 3.8) is 0 Å². The summed E-state index contributed by atoms with van der Waals surface area (Å²) in [6.07, 6.45) is 4.41. The van der Waals surface area contributed by atoms with Crippen LogP contribution in [0, 0.1) is 0 Å². The van der Waals surface area contributed by atoms with Gasteiger partial charge >= 0.3 is 0 Å². The van der Waals surface area contributed by atoms with Crippen molar-refractivity contribution in [1.29, 1.82) is 0 Å². The lowest BCUT2D eigenvalue weighted by atomic mass is 9.80. The van der Waals surface area contributed by atoms with Crippen LogP contribution in [0.15, 0.2) is 78.0 Å². The van der Waals surface area contributed by atoms with Gasteiger partial charge in [0.25, 0.3) is 5.78 Å². The maximum Gasteiger partial charge on any atom is 0.257 e. The van der Waals surface area contributed by atoms with Crippen LogP contribution < -0.4 is 9.62 Å². The molecular weight excluding hydrogens is 508 g/mol. The summed E-state index contributed by atoms with van der Waals surface area (Å²) in [7, 11) is -1.61. The zero-order valence-electron chi connectivity index (χ0n) is 20.4. The normalized spacial score (nSPS) is 15.1. The maximum absolute atomic E-state index is 12.8. The Kier molecular flexibility index (Phi) is 5.67. The third kappa shape index (κ3) is 4.33. The summed E-state index contributed by atoms with van der Waals surface area (Å²) in [4.78, 5) is 7.02. The fourth-order valence-corrected chi connectivity index (χ4v) is 6.45. The van der Waals surface area contributed by atoms with E-state index in [0.29, 0.717) is 10.8 Å². The van der Waals surface area contributed by atoms with E-state index in [0.717, 1.165) is 52.8 Å². The molecule has 2 aromatic heterocycles. The number of anilines is 2. The van der Waals surface area contributed by atoms with Crippen molar-refractivity contribution in [1.82, 2.24) is 24.3 Å². The summed E-state index contributed by atoms with van der Waals surface area (Å²) >= 11 is 6.27. The van der Waals surface area contributed by atoms with Crippen LogP contribution in [0.1, 0.15) is 26.2 Å². The van der Waals surface area contributed by atoms with E-state index in [1.165, 1.54) is 0 Å². The van der Waals surface area contributed by atoms with Crippen LogP contribution in [0.25, 0.3) is 27.8 Å². The lowest BCUT2D eigenvalue weighted by Crippen LogP contribution is -2.50. The van der Waals surface area contributed by atoms with Gasteiger partial charge in [0.05, 0.1) is 10.4 Å². The zero-order valence-corrected chi connectivity index (χ0v) is 22.0. The van der Waals surface area contributed by atoms with Gasteiger partial charge < -0.3 is 4.90 Å². The van der Waals surface area contributed by atoms with E-state index in [1.54, 1.807) is 18.5 Å². The fourth-order valence-electron chi connectivity index (χ4n) is 4.81. The first-order valence-electron chi connectivity index (χ1n) is 12.0. The van der Waals surface area contributed by atoms with Gasteiger partial charge in [-0.3, -0.25) is 4.40 Å². The molecule has 0 unspecified atom stereocenters. The summed E-state index contributed by atoms with van der Waals surface area (Å²) < 4.78 is 30.4. The number of rotatable bonds is 6. The molecule has 0 saturated heterocycles. The zero-order chi connectivity index (χ0) is 25.8. The van der Waals surface area contributed by atoms with Crippen molar-refractivity contribution in [3.8, 4) is 11.1 Å². The first-order valence-corrected chi connectivity index (χ1v) is 13.9. The van der Waals surface area contributed by atoms with Crippen LogP contribution in [-0.2, 0) is 10.0 Å². The Morgan fingerprint density at radius 2 is 1.81 bits per heavy atom. The lowest BCUT2D eigenvalue weighted by molar-refractivity contribution is 0.248. The van der Waals surface area contributed by atoms with Crippen molar-refractivity contribution >= 4 is 49.8 Å². The predicted octanol–water partition coefficient (Wildman–Crippen LogP) is 5.59. The number of nitrogens with zero attached hydrogens (tertiary/aromatic N) is 5. The Hall–Kier alpha value is -3.53. The van der Waals surface area contributed by atoms with Crippen LogP contribution in [0.3, 0.4) is 0 Å². The standard InChI is InChI=1S/C27H25ClN6O2S/c1-27(13-4-14-27)32-37(35,36)22-10-7-18(8-11-22)19-5-3-6-21(15-19)33(2)25-23-12-9-20(28)16-24(23)34-17-29-31-26(34)30-25/h3,5-12,15-17,32H,4,13-14H2,1-2H3. The molecular formula is C27H25ClN6O2S. The van der Waals surface area contributed by atoms with Crippen LogP contribution in [0.5, 0.6) is 0 Å². The molecule has 8 nitrogen and oxygen atoms in total. The molecule has 0 atom stereocenters. The molecule has 1 fully saturated rings. The average molecular weight is 533 g/mol. The topological polar surface area (TPSA) is 92.5 Å². The highest BCUT2D eigenvalue weighted by Gasteiger charge is 2.36. The summed E-state index contributed by atoms with van der Waals surface area (Å²) in [6, 6.07) is 20.7. The summed E-state index contributed by atoms with van der Waals surface area (Å²) in [5, 5.41) is 9.67. The number of benzene rings is 3. The number of hydrogen-bond acceptors (Lipinski definition) is 6. The molecule has 1 saturated carbocycles. The van der Waals surface area contributed by atoms with Gasteiger partial charge in [0.15, 0.2) is 0 Å². The second-order valence-corrected chi connectivity index (χ2v) is 11.9. The van der Waals surface area contributed by atoms with Crippen molar-refractivity contribution in [2.24, 2.45) is 0 Å². The van der Waals surface area contributed by atoms with Crippen LogP contribution >= 0.6 is 11.6 Å². The molecule has 10 heteroatoms. The molecule has 2 heterocycles. The van der Waals surface area contributed by atoms with Crippen molar-refractivity contribution in [3.05, 3.63) is 78.1 Å². The molecule has 1 aliphatic rings.